The number of aryl methyl sites for hydroxylation is 2. The highest BCUT2D eigenvalue weighted by Gasteiger charge is 2.28. The van der Waals surface area contributed by atoms with Gasteiger partial charge >= 0.3 is 0 Å². The van der Waals surface area contributed by atoms with Crippen LogP contribution in [-0.4, -0.2) is 60.2 Å². The first kappa shape index (κ1) is 17.0. The van der Waals surface area contributed by atoms with E-state index in [0.717, 1.165) is 38.0 Å². The third-order valence-corrected chi connectivity index (χ3v) is 6.62. The van der Waals surface area contributed by atoms with Gasteiger partial charge in [0, 0.05) is 63.4 Å². The summed E-state index contributed by atoms with van der Waals surface area (Å²) in [5.41, 5.74) is 4.62. The quantitative estimate of drug-likeness (QED) is 0.838. The van der Waals surface area contributed by atoms with E-state index in [4.69, 9.17) is 0 Å². The highest BCUT2D eigenvalue weighted by molar-refractivity contribution is 5.52. The fourth-order valence-corrected chi connectivity index (χ4v) is 5.01. The van der Waals surface area contributed by atoms with Gasteiger partial charge in [-0.15, -0.1) is 0 Å². The molecule has 0 N–H and O–H groups in total. The Kier molecular flexibility index (Phi) is 4.70. The molecule has 0 saturated carbocycles. The van der Waals surface area contributed by atoms with Gasteiger partial charge in [-0.25, -0.2) is 4.98 Å². The molecule has 1 aromatic heterocycles. The van der Waals surface area contributed by atoms with Crippen molar-refractivity contribution in [2.75, 3.05) is 49.1 Å². The number of benzene rings is 1. The summed E-state index contributed by atoms with van der Waals surface area (Å²) in [4.78, 5) is 16.3. The smallest absolute Gasteiger partial charge is 0.147 e. The van der Waals surface area contributed by atoms with Crippen molar-refractivity contribution in [2.45, 2.75) is 38.1 Å². The van der Waals surface area contributed by atoms with Gasteiger partial charge in [-0.3, -0.25) is 9.88 Å². The Morgan fingerprint density at radius 1 is 0.815 bits per heavy atom. The van der Waals surface area contributed by atoms with E-state index in [0.29, 0.717) is 0 Å². The van der Waals surface area contributed by atoms with Crippen molar-refractivity contribution in [3.05, 3.63) is 47.9 Å². The maximum Gasteiger partial charge on any atom is 0.147 e. The topological polar surface area (TPSA) is 35.5 Å². The standard InChI is InChI=1S/C22H29N5/c1-2-18-4-5-21(16-19(18)3-1)25-10-6-20(7-11-25)26-12-14-27(15-13-26)22-17-23-8-9-24-22/h4-5,8-9,16-17,20H,1-3,6-7,10-15H2. The van der Waals surface area contributed by atoms with Crippen molar-refractivity contribution >= 4 is 11.5 Å². The summed E-state index contributed by atoms with van der Waals surface area (Å²) in [5.74, 6) is 1.02. The van der Waals surface area contributed by atoms with Gasteiger partial charge in [-0.1, -0.05) is 6.07 Å². The van der Waals surface area contributed by atoms with E-state index in [1.165, 1.54) is 50.9 Å². The van der Waals surface area contributed by atoms with Crippen LogP contribution < -0.4 is 9.80 Å². The highest BCUT2D eigenvalue weighted by Crippen LogP contribution is 2.29. The maximum absolute atomic E-state index is 4.45. The Labute approximate surface area is 162 Å². The molecule has 0 radical (unpaired) electrons. The lowest BCUT2D eigenvalue weighted by molar-refractivity contribution is 0.159. The van der Waals surface area contributed by atoms with Crippen molar-refractivity contribution in [3.63, 3.8) is 0 Å². The van der Waals surface area contributed by atoms with Crippen LogP contribution in [0.25, 0.3) is 0 Å². The number of hydrogen-bond acceptors (Lipinski definition) is 5. The van der Waals surface area contributed by atoms with Gasteiger partial charge in [-0.2, -0.15) is 0 Å². The van der Waals surface area contributed by atoms with Crippen LogP contribution in [0.5, 0.6) is 0 Å². The van der Waals surface area contributed by atoms with Crippen molar-refractivity contribution in [2.24, 2.45) is 0 Å². The largest absolute Gasteiger partial charge is 0.371 e. The summed E-state index contributed by atoms with van der Waals surface area (Å²) < 4.78 is 0. The first-order chi connectivity index (χ1) is 13.4. The van der Waals surface area contributed by atoms with Crippen LogP contribution in [0.3, 0.4) is 0 Å². The Hall–Kier alpha value is -2.14. The van der Waals surface area contributed by atoms with Crippen LogP contribution in [-0.2, 0) is 12.8 Å². The lowest BCUT2D eigenvalue weighted by Gasteiger charge is -2.43. The fraction of sp³-hybridized carbons (Fsp3) is 0.545. The minimum atomic E-state index is 0.736. The Bertz CT molecular complexity index is 762. The molecule has 5 heteroatoms. The SMILES string of the molecule is c1cnc(N2CCN(C3CCN(c4ccc5c(c4)CCC5)CC3)CC2)cn1. The second kappa shape index (κ2) is 7.47. The summed E-state index contributed by atoms with van der Waals surface area (Å²) >= 11 is 0. The molecule has 1 aliphatic carbocycles. The minimum absolute atomic E-state index is 0.736. The van der Waals surface area contributed by atoms with Gasteiger partial charge in [0.05, 0.1) is 6.20 Å². The number of aromatic nitrogens is 2. The molecule has 0 bridgehead atoms. The summed E-state index contributed by atoms with van der Waals surface area (Å²) in [7, 11) is 0. The van der Waals surface area contributed by atoms with Crippen molar-refractivity contribution in [1.29, 1.82) is 0 Å². The van der Waals surface area contributed by atoms with E-state index in [1.54, 1.807) is 23.5 Å². The lowest BCUT2D eigenvalue weighted by atomic mass is 10.0. The molecular formula is C22H29N5. The summed E-state index contributed by atoms with van der Waals surface area (Å²) in [6, 6.07) is 7.92. The molecule has 2 fully saturated rings. The van der Waals surface area contributed by atoms with Crippen molar-refractivity contribution in [3.8, 4) is 0 Å². The monoisotopic (exact) mass is 363 g/mol. The van der Waals surface area contributed by atoms with E-state index < -0.39 is 0 Å². The lowest BCUT2D eigenvalue weighted by Crippen LogP contribution is -2.53. The van der Waals surface area contributed by atoms with Gasteiger partial charge in [-0.05, 0) is 55.4 Å². The fourth-order valence-electron chi connectivity index (χ4n) is 5.01. The van der Waals surface area contributed by atoms with E-state index in [2.05, 4.69) is 42.9 Å². The average molecular weight is 364 g/mol. The number of piperidine rings is 1. The number of nitrogens with zero attached hydrogens (tertiary/aromatic N) is 5. The number of fused-ring (bicyclic) bond motifs is 1. The van der Waals surface area contributed by atoms with Crippen molar-refractivity contribution in [1.82, 2.24) is 14.9 Å². The van der Waals surface area contributed by atoms with Crippen LogP contribution in [0, 0.1) is 0 Å². The summed E-state index contributed by atoms with van der Waals surface area (Å²) in [6.45, 7) is 6.77. The number of rotatable bonds is 3. The first-order valence-corrected chi connectivity index (χ1v) is 10.5. The molecule has 5 nitrogen and oxygen atoms in total. The zero-order chi connectivity index (χ0) is 18.1. The first-order valence-electron chi connectivity index (χ1n) is 10.5. The second-order valence-corrected chi connectivity index (χ2v) is 8.11. The van der Waals surface area contributed by atoms with Gasteiger partial charge in [0.25, 0.3) is 0 Å². The predicted molar refractivity (Wildman–Crippen MR) is 110 cm³/mol. The van der Waals surface area contributed by atoms with E-state index >= 15 is 0 Å². The number of hydrogen-bond donors (Lipinski definition) is 0. The van der Waals surface area contributed by atoms with Gasteiger partial charge in [0.1, 0.15) is 5.82 Å². The molecule has 0 amide bonds. The Morgan fingerprint density at radius 2 is 1.63 bits per heavy atom. The van der Waals surface area contributed by atoms with Crippen LogP contribution in [0.4, 0.5) is 11.5 Å². The van der Waals surface area contributed by atoms with Gasteiger partial charge < -0.3 is 9.80 Å². The normalized spacial score (nSPS) is 21.5. The zero-order valence-electron chi connectivity index (χ0n) is 16.1. The molecule has 0 spiro atoms. The second-order valence-electron chi connectivity index (χ2n) is 8.11. The maximum atomic E-state index is 4.45. The number of piperazine rings is 1. The van der Waals surface area contributed by atoms with Crippen LogP contribution in [0.2, 0.25) is 0 Å². The summed E-state index contributed by atoms with van der Waals surface area (Å²) in [6.07, 6.45) is 11.9. The van der Waals surface area contributed by atoms with Gasteiger partial charge in [0.2, 0.25) is 0 Å². The molecule has 0 unspecified atom stereocenters. The van der Waals surface area contributed by atoms with Crippen LogP contribution >= 0.6 is 0 Å². The Balaban J connectivity index is 1.15. The molecule has 5 rings (SSSR count). The molecular weight excluding hydrogens is 334 g/mol. The zero-order valence-corrected chi connectivity index (χ0v) is 16.1. The molecule has 2 aromatic rings. The molecule has 1 aromatic carbocycles. The minimum Gasteiger partial charge on any atom is -0.371 e. The van der Waals surface area contributed by atoms with E-state index in [-0.39, 0.29) is 0 Å². The molecule has 27 heavy (non-hydrogen) atoms. The van der Waals surface area contributed by atoms with Crippen LogP contribution in [0.15, 0.2) is 36.8 Å². The molecule has 2 saturated heterocycles. The van der Waals surface area contributed by atoms with Crippen LogP contribution in [0.1, 0.15) is 30.4 Å². The van der Waals surface area contributed by atoms with Crippen molar-refractivity contribution < 1.29 is 0 Å². The third kappa shape index (κ3) is 3.53. The molecule has 3 aliphatic rings. The Morgan fingerprint density at radius 3 is 2.41 bits per heavy atom. The van der Waals surface area contributed by atoms with Gasteiger partial charge in [0.15, 0.2) is 0 Å². The van der Waals surface area contributed by atoms with E-state index in [1.807, 2.05) is 6.20 Å². The number of anilines is 2. The molecule has 142 valence electrons. The van der Waals surface area contributed by atoms with E-state index in [9.17, 15) is 0 Å². The average Bonchev–Trinajstić information content (AvgIpc) is 3.23. The highest BCUT2D eigenvalue weighted by atomic mass is 15.3. The molecule has 2 aliphatic heterocycles. The molecule has 0 atom stereocenters. The third-order valence-electron chi connectivity index (χ3n) is 6.62. The molecule has 3 heterocycles. The predicted octanol–water partition coefficient (Wildman–Crippen LogP) is 2.76. The summed E-state index contributed by atoms with van der Waals surface area (Å²) in [5, 5.41) is 0.